The van der Waals surface area contributed by atoms with Crippen LogP contribution in [0, 0.1) is 12.7 Å². The van der Waals surface area contributed by atoms with Crippen molar-refractivity contribution in [3.05, 3.63) is 64.4 Å². The Labute approximate surface area is 207 Å². The van der Waals surface area contributed by atoms with E-state index in [0.29, 0.717) is 18.2 Å². The summed E-state index contributed by atoms with van der Waals surface area (Å²) in [5.41, 5.74) is 3.65. The zero-order valence-electron chi connectivity index (χ0n) is 19.7. The van der Waals surface area contributed by atoms with Crippen molar-refractivity contribution in [3.8, 4) is 0 Å². The van der Waals surface area contributed by atoms with Gasteiger partial charge in [-0.2, -0.15) is 0 Å². The third kappa shape index (κ3) is 6.28. The van der Waals surface area contributed by atoms with Crippen LogP contribution in [0.25, 0.3) is 10.9 Å². The summed E-state index contributed by atoms with van der Waals surface area (Å²) in [5.74, 6) is 0.532. The molecule has 1 fully saturated rings. The molecular weight excluding hydrogens is 458 g/mol. The molecule has 4 rings (SSSR count). The van der Waals surface area contributed by atoms with E-state index in [4.69, 9.17) is 16.6 Å². The fraction of sp³-hybridized carbons (Fsp3) is 0.423. The van der Waals surface area contributed by atoms with Crippen molar-refractivity contribution in [1.82, 2.24) is 10.3 Å². The van der Waals surface area contributed by atoms with Gasteiger partial charge in [-0.25, -0.2) is 9.37 Å². The highest BCUT2D eigenvalue weighted by molar-refractivity contribution is 6.30. The minimum Gasteiger partial charge on any atom is -0.371 e. The maximum Gasteiger partial charge on any atom is 0.129 e. The van der Waals surface area contributed by atoms with Gasteiger partial charge in [0, 0.05) is 58.9 Å². The summed E-state index contributed by atoms with van der Waals surface area (Å²) in [6, 6.07) is 13.8. The normalized spacial score (nSPS) is 14.9. The molecule has 0 unspecified atom stereocenters. The first-order valence-corrected chi connectivity index (χ1v) is 11.7. The van der Waals surface area contributed by atoms with Crippen LogP contribution < -0.4 is 15.5 Å². The minimum atomic E-state index is -0.223. The lowest BCUT2D eigenvalue weighted by atomic mass is 9.99. The van der Waals surface area contributed by atoms with Crippen molar-refractivity contribution < 1.29 is 4.39 Å². The third-order valence-corrected chi connectivity index (χ3v) is 6.26. The van der Waals surface area contributed by atoms with Crippen molar-refractivity contribution >= 4 is 46.4 Å². The van der Waals surface area contributed by atoms with Crippen LogP contribution in [0.3, 0.4) is 0 Å². The first kappa shape index (κ1) is 25.5. The molecule has 0 radical (unpaired) electrons. The van der Waals surface area contributed by atoms with E-state index in [1.807, 2.05) is 30.3 Å². The predicted molar refractivity (Wildman–Crippen MR) is 141 cm³/mol. The second kappa shape index (κ2) is 10.5. The minimum absolute atomic E-state index is 0. The van der Waals surface area contributed by atoms with Crippen molar-refractivity contribution in [2.75, 3.05) is 23.3 Å². The van der Waals surface area contributed by atoms with Gasteiger partial charge in [0.2, 0.25) is 0 Å². The molecule has 4 nitrogen and oxygen atoms in total. The summed E-state index contributed by atoms with van der Waals surface area (Å²) in [6.07, 6.45) is 2.16. The van der Waals surface area contributed by atoms with E-state index in [9.17, 15) is 4.39 Å². The van der Waals surface area contributed by atoms with Crippen molar-refractivity contribution in [2.24, 2.45) is 0 Å². The maximum atomic E-state index is 14.4. The number of halogens is 3. The van der Waals surface area contributed by atoms with E-state index < -0.39 is 0 Å². The topological polar surface area (TPSA) is 40.2 Å². The Bertz CT molecular complexity index is 1090. The van der Waals surface area contributed by atoms with Gasteiger partial charge in [0.15, 0.2) is 0 Å². The molecule has 0 aliphatic carbocycles. The Morgan fingerprint density at radius 1 is 1.09 bits per heavy atom. The lowest BCUT2D eigenvalue weighted by Gasteiger charge is -2.37. The number of anilines is 2. The molecule has 7 heteroatoms. The Hall–Kier alpha value is -2.08. The van der Waals surface area contributed by atoms with Crippen molar-refractivity contribution in [2.45, 2.75) is 58.7 Å². The molecule has 1 aromatic heterocycles. The zero-order valence-corrected chi connectivity index (χ0v) is 21.3. The number of aryl methyl sites for hydroxylation is 1. The van der Waals surface area contributed by atoms with Gasteiger partial charge in [0.1, 0.15) is 11.6 Å². The van der Waals surface area contributed by atoms with E-state index in [1.54, 1.807) is 13.0 Å². The fourth-order valence-corrected chi connectivity index (χ4v) is 4.54. The lowest BCUT2D eigenvalue weighted by molar-refractivity contribution is 0.317. The molecule has 178 valence electrons. The van der Waals surface area contributed by atoms with Crippen LogP contribution in [0.4, 0.5) is 15.9 Å². The Morgan fingerprint density at radius 2 is 1.76 bits per heavy atom. The number of hydrogen-bond acceptors (Lipinski definition) is 4. The molecule has 1 saturated heterocycles. The molecule has 2 aromatic carbocycles. The Morgan fingerprint density at radius 3 is 2.39 bits per heavy atom. The first-order chi connectivity index (χ1) is 15.2. The number of nitrogens with one attached hydrogen (secondary N) is 2. The molecule has 1 aliphatic heterocycles. The van der Waals surface area contributed by atoms with Crippen molar-refractivity contribution in [1.29, 1.82) is 0 Å². The molecule has 0 spiro atoms. The molecule has 0 atom stereocenters. The largest absolute Gasteiger partial charge is 0.371 e. The number of benzene rings is 2. The Balaban J connectivity index is 0.00000306. The van der Waals surface area contributed by atoms with Crippen LogP contribution in [0.2, 0.25) is 5.02 Å². The summed E-state index contributed by atoms with van der Waals surface area (Å²) in [7, 11) is 0. The highest BCUT2D eigenvalue weighted by atomic mass is 35.5. The number of aromatic nitrogens is 1. The van der Waals surface area contributed by atoms with Crippen LogP contribution in [-0.2, 0) is 6.54 Å². The summed E-state index contributed by atoms with van der Waals surface area (Å²) in [5, 5.41) is 8.87. The number of rotatable bonds is 5. The highest BCUT2D eigenvalue weighted by Crippen LogP contribution is 2.33. The van der Waals surface area contributed by atoms with E-state index in [0.717, 1.165) is 58.9 Å². The van der Waals surface area contributed by atoms with E-state index in [2.05, 4.69) is 42.4 Å². The van der Waals surface area contributed by atoms with Gasteiger partial charge in [-0.3, -0.25) is 0 Å². The van der Waals surface area contributed by atoms with Crippen LogP contribution >= 0.6 is 24.0 Å². The number of hydrogen-bond donors (Lipinski definition) is 2. The number of pyridine rings is 1. The zero-order chi connectivity index (χ0) is 22.9. The third-order valence-electron chi connectivity index (χ3n) is 6.01. The molecule has 2 N–H and O–H groups in total. The van der Waals surface area contributed by atoms with Gasteiger partial charge in [-0.05, 0) is 70.4 Å². The van der Waals surface area contributed by atoms with Gasteiger partial charge < -0.3 is 15.5 Å². The molecule has 0 bridgehead atoms. The van der Waals surface area contributed by atoms with E-state index in [-0.39, 0.29) is 23.8 Å². The average Bonchev–Trinajstić information content (AvgIpc) is 2.75. The fourth-order valence-electron chi connectivity index (χ4n) is 4.41. The van der Waals surface area contributed by atoms with Crippen LogP contribution in [-0.4, -0.2) is 29.7 Å². The van der Waals surface area contributed by atoms with Gasteiger partial charge in [0.05, 0.1) is 5.52 Å². The Kier molecular flexibility index (Phi) is 8.09. The lowest BCUT2D eigenvalue weighted by Crippen LogP contribution is -2.49. The monoisotopic (exact) mass is 490 g/mol. The average molecular weight is 491 g/mol. The van der Waals surface area contributed by atoms with Crippen LogP contribution in [0.5, 0.6) is 0 Å². The SMILES string of the molecule is Cc1c(F)ccc2c(N3CCC(NC(C)(C)C)CC3)cc(NCc3ccc(Cl)cc3)nc12.Cl. The van der Waals surface area contributed by atoms with Crippen LogP contribution in [0.15, 0.2) is 42.5 Å². The molecule has 1 aliphatic rings. The van der Waals surface area contributed by atoms with E-state index >= 15 is 0 Å². The second-order valence-electron chi connectivity index (χ2n) is 9.73. The molecule has 3 aromatic rings. The quantitative estimate of drug-likeness (QED) is 0.415. The number of piperidine rings is 1. The smallest absolute Gasteiger partial charge is 0.129 e. The predicted octanol–water partition coefficient (Wildman–Crippen LogP) is 6.73. The molecule has 33 heavy (non-hydrogen) atoms. The molecular formula is C26H33Cl2FN4. The summed E-state index contributed by atoms with van der Waals surface area (Å²) < 4.78 is 14.4. The molecule has 0 amide bonds. The standard InChI is InChI=1S/C26H32ClFN4.ClH/c1-17-22(28)10-9-21-23(32-13-11-20(12-14-32)31-26(2,3)4)15-24(30-25(17)21)29-16-18-5-7-19(27)8-6-18;/h5-10,15,20,31H,11-14,16H2,1-4H3,(H,29,30);1H. The highest BCUT2D eigenvalue weighted by Gasteiger charge is 2.25. The summed E-state index contributed by atoms with van der Waals surface area (Å²) in [6.45, 7) is 11.0. The van der Waals surface area contributed by atoms with Gasteiger partial charge >= 0.3 is 0 Å². The maximum absolute atomic E-state index is 14.4. The first-order valence-electron chi connectivity index (χ1n) is 11.3. The summed E-state index contributed by atoms with van der Waals surface area (Å²) >= 11 is 6.00. The van der Waals surface area contributed by atoms with Crippen LogP contribution in [0.1, 0.15) is 44.7 Å². The summed E-state index contributed by atoms with van der Waals surface area (Å²) in [4.78, 5) is 7.18. The van der Waals surface area contributed by atoms with Gasteiger partial charge in [-0.15, -0.1) is 12.4 Å². The molecule has 0 saturated carbocycles. The van der Waals surface area contributed by atoms with Gasteiger partial charge in [-0.1, -0.05) is 23.7 Å². The second-order valence-corrected chi connectivity index (χ2v) is 10.2. The van der Waals surface area contributed by atoms with E-state index in [1.165, 1.54) is 0 Å². The number of nitrogens with zero attached hydrogens (tertiary/aromatic N) is 2. The molecule has 2 heterocycles. The van der Waals surface area contributed by atoms with Gasteiger partial charge in [0.25, 0.3) is 0 Å². The number of fused-ring (bicyclic) bond motifs is 1. The van der Waals surface area contributed by atoms with Crippen molar-refractivity contribution in [3.63, 3.8) is 0 Å².